The molecule has 1 aromatic rings. The quantitative estimate of drug-likeness (QED) is 0.775. The van der Waals surface area contributed by atoms with Crippen molar-refractivity contribution in [3.8, 4) is 5.75 Å². The molecule has 2 atom stereocenters. The molecule has 2 rings (SSSR count). The molecule has 2 unspecified atom stereocenters. The van der Waals surface area contributed by atoms with Crippen LogP contribution in [0.5, 0.6) is 5.75 Å². The third-order valence-electron chi connectivity index (χ3n) is 4.40. The van der Waals surface area contributed by atoms with Gasteiger partial charge >= 0.3 is 7.12 Å². The molecule has 0 aromatic heterocycles. The van der Waals surface area contributed by atoms with Crippen molar-refractivity contribution >= 4 is 12.6 Å². The highest BCUT2D eigenvalue weighted by atomic mass is 16.5. The summed E-state index contributed by atoms with van der Waals surface area (Å²) >= 11 is 0. The highest BCUT2D eigenvalue weighted by Gasteiger charge is 2.22. The van der Waals surface area contributed by atoms with Crippen molar-refractivity contribution in [3.63, 3.8) is 0 Å². The van der Waals surface area contributed by atoms with E-state index in [2.05, 4.69) is 18.9 Å². The molecule has 1 aromatic carbocycles. The van der Waals surface area contributed by atoms with Crippen LogP contribution in [0.3, 0.4) is 0 Å². The second kappa shape index (κ2) is 7.83. The van der Waals surface area contributed by atoms with Gasteiger partial charge in [-0.1, -0.05) is 31.9 Å². The van der Waals surface area contributed by atoms with E-state index in [1.165, 1.54) is 25.7 Å². The van der Waals surface area contributed by atoms with Crippen LogP contribution in [-0.4, -0.2) is 48.3 Å². The van der Waals surface area contributed by atoms with Crippen molar-refractivity contribution in [1.29, 1.82) is 0 Å². The van der Waals surface area contributed by atoms with Gasteiger partial charge in [0.1, 0.15) is 12.4 Å². The summed E-state index contributed by atoms with van der Waals surface area (Å²) in [5.74, 6) is 1.51. The molecule has 0 saturated heterocycles. The predicted molar refractivity (Wildman–Crippen MR) is 85.8 cm³/mol. The molecule has 21 heavy (non-hydrogen) atoms. The molecule has 0 aliphatic heterocycles. The number of nitrogens with zero attached hydrogens (tertiary/aromatic N) is 1. The Morgan fingerprint density at radius 3 is 2.86 bits per heavy atom. The molecule has 0 radical (unpaired) electrons. The second-order valence-electron chi connectivity index (χ2n) is 6.20. The van der Waals surface area contributed by atoms with E-state index in [0.717, 1.165) is 12.5 Å². The van der Waals surface area contributed by atoms with Gasteiger partial charge in [-0.25, -0.2) is 0 Å². The van der Waals surface area contributed by atoms with Crippen LogP contribution < -0.4 is 10.2 Å². The highest BCUT2D eigenvalue weighted by Crippen LogP contribution is 2.26. The van der Waals surface area contributed by atoms with Crippen LogP contribution in [0, 0.1) is 5.92 Å². The second-order valence-corrected chi connectivity index (χ2v) is 6.20. The zero-order chi connectivity index (χ0) is 15.2. The van der Waals surface area contributed by atoms with Crippen LogP contribution in [0.15, 0.2) is 24.3 Å². The average molecular weight is 291 g/mol. The maximum absolute atomic E-state index is 9.15. The summed E-state index contributed by atoms with van der Waals surface area (Å²) in [4.78, 5) is 2.39. The fraction of sp³-hybridized carbons (Fsp3) is 0.625. The lowest BCUT2D eigenvalue weighted by atomic mass is 9.80. The molecule has 116 valence electrons. The van der Waals surface area contributed by atoms with Gasteiger partial charge < -0.3 is 19.7 Å². The van der Waals surface area contributed by atoms with E-state index in [4.69, 9.17) is 14.8 Å². The smallest absolute Gasteiger partial charge is 0.488 e. The number of hydrogen-bond acceptors (Lipinski definition) is 4. The number of hydrogen-bond donors (Lipinski definition) is 2. The van der Waals surface area contributed by atoms with Crippen molar-refractivity contribution in [2.24, 2.45) is 5.92 Å². The van der Waals surface area contributed by atoms with Crippen molar-refractivity contribution in [2.45, 2.75) is 38.6 Å². The molecule has 0 amide bonds. The normalized spacial score (nSPS) is 22.3. The Morgan fingerprint density at radius 1 is 1.33 bits per heavy atom. The third-order valence-corrected chi connectivity index (χ3v) is 4.40. The molecule has 1 aliphatic carbocycles. The molecule has 2 N–H and O–H groups in total. The van der Waals surface area contributed by atoms with Crippen LogP contribution >= 0.6 is 0 Å². The zero-order valence-corrected chi connectivity index (χ0v) is 13.0. The van der Waals surface area contributed by atoms with Crippen LogP contribution in [0.2, 0.25) is 0 Å². The lowest BCUT2D eigenvalue weighted by Crippen LogP contribution is -2.38. The number of rotatable bonds is 6. The van der Waals surface area contributed by atoms with Crippen LogP contribution in [0.25, 0.3) is 0 Å². The van der Waals surface area contributed by atoms with Crippen LogP contribution in [-0.2, 0) is 0 Å². The first-order valence-electron chi connectivity index (χ1n) is 7.85. The standard InChI is InChI=1S/C16H26BNO3/c1-13-5-3-7-15(11-13)18(2)9-10-21-16-8-4-6-14(12-16)17(19)20/h4,6,8,12-13,15,19-20H,3,5,7,9-11H2,1-2H3. The van der Waals surface area contributed by atoms with Crippen LogP contribution in [0.4, 0.5) is 0 Å². The van der Waals surface area contributed by atoms with Gasteiger partial charge in [0, 0.05) is 12.6 Å². The number of benzene rings is 1. The molecular weight excluding hydrogens is 265 g/mol. The lowest BCUT2D eigenvalue weighted by molar-refractivity contribution is 0.141. The molecule has 1 fully saturated rings. The van der Waals surface area contributed by atoms with Crippen molar-refractivity contribution in [1.82, 2.24) is 4.90 Å². The number of ether oxygens (including phenoxy) is 1. The van der Waals surface area contributed by atoms with Gasteiger partial charge in [0.2, 0.25) is 0 Å². The Hall–Kier alpha value is -1.04. The van der Waals surface area contributed by atoms with Gasteiger partial charge in [0.15, 0.2) is 0 Å². The molecule has 1 aliphatic rings. The summed E-state index contributed by atoms with van der Waals surface area (Å²) in [6.45, 7) is 3.85. The summed E-state index contributed by atoms with van der Waals surface area (Å²) < 4.78 is 5.72. The first-order valence-corrected chi connectivity index (χ1v) is 7.85. The van der Waals surface area contributed by atoms with Gasteiger partial charge in [-0.15, -0.1) is 0 Å². The fourth-order valence-corrected chi connectivity index (χ4v) is 3.06. The zero-order valence-electron chi connectivity index (χ0n) is 13.0. The Morgan fingerprint density at radius 2 is 2.14 bits per heavy atom. The summed E-state index contributed by atoms with van der Waals surface area (Å²) in [5.41, 5.74) is 0.460. The first-order chi connectivity index (χ1) is 10.1. The van der Waals surface area contributed by atoms with Gasteiger partial charge in [-0.3, -0.25) is 0 Å². The van der Waals surface area contributed by atoms with Gasteiger partial charge in [-0.05, 0) is 43.4 Å². The summed E-state index contributed by atoms with van der Waals surface area (Å²) in [6.07, 6.45) is 5.25. The van der Waals surface area contributed by atoms with E-state index < -0.39 is 7.12 Å². The number of likely N-dealkylation sites (N-methyl/N-ethyl adjacent to an activating group) is 1. The maximum Gasteiger partial charge on any atom is 0.488 e. The van der Waals surface area contributed by atoms with Gasteiger partial charge in [-0.2, -0.15) is 0 Å². The topological polar surface area (TPSA) is 52.9 Å². The summed E-state index contributed by atoms with van der Waals surface area (Å²) in [5, 5.41) is 18.3. The molecule has 1 saturated carbocycles. The largest absolute Gasteiger partial charge is 0.492 e. The molecule has 0 spiro atoms. The third kappa shape index (κ3) is 5.02. The van der Waals surface area contributed by atoms with E-state index in [1.807, 2.05) is 6.07 Å². The van der Waals surface area contributed by atoms with E-state index >= 15 is 0 Å². The van der Waals surface area contributed by atoms with Gasteiger partial charge in [0.25, 0.3) is 0 Å². The summed E-state index contributed by atoms with van der Waals surface area (Å²) in [6, 6.07) is 7.63. The Balaban J connectivity index is 1.77. The SMILES string of the molecule is CC1CCCC(N(C)CCOc2cccc(B(O)O)c2)C1. The van der Waals surface area contributed by atoms with Crippen molar-refractivity contribution in [3.05, 3.63) is 24.3 Å². The minimum Gasteiger partial charge on any atom is -0.492 e. The average Bonchev–Trinajstić information content (AvgIpc) is 2.47. The highest BCUT2D eigenvalue weighted by molar-refractivity contribution is 6.58. The molecule has 4 nitrogen and oxygen atoms in total. The molecule has 5 heteroatoms. The molecule has 0 bridgehead atoms. The minimum absolute atomic E-state index is 0.460. The van der Waals surface area contributed by atoms with E-state index in [9.17, 15) is 0 Å². The first kappa shape index (κ1) is 16.3. The molecule has 0 heterocycles. The van der Waals surface area contributed by atoms with Gasteiger partial charge in [0.05, 0.1) is 0 Å². The van der Waals surface area contributed by atoms with Crippen LogP contribution in [0.1, 0.15) is 32.6 Å². The fourth-order valence-electron chi connectivity index (χ4n) is 3.06. The molecular formula is C16H26BNO3. The Labute approximate surface area is 127 Å². The monoisotopic (exact) mass is 291 g/mol. The maximum atomic E-state index is 9.15. The summed E-state index contributed by atoms with van der Waals surface area (Å²) in [7, 11) is 0.722. The van der Waals surface area contributed by atoms with Crippen molar-refractivity contribution in [2.75, 3.05) is 20.2 Å². The van der Waals surface area contributed by atoms with E-state index in [0.29, 0.717) is 23.9 Å². The minimum atomic E-state index is -1.44. The lowest BCUT2D eigenvalue weighted by Gasteiger charge is -2.34. The Bertz CT molecular complexity index is 441. The van der Waals surface area contributed by atoms with E-state index in [-0.39, 0.29) is 0 Å². The predicted octanol–water partition coefficient (Wildman–Crippen LogP) is 1.26. The van der Waals surface area contributed by atoms with Crippen molar-refractivity contribution < 1.29 is 14.8 Å². The Kier molecular flexibility index (Phi) is 6.09. The van der Waals surface area contributed by atoms with E-state index in [1.54, 1.807) is 18.2 Å².